The molecule has 0 aromatic heterocycles. The van der Waals surface area contributed by atoms with E-state index in [9.17, 15) is 4.79 Å². The van der Waals surface area contributed by atoms with E-state index in [1.165, 1.54) is 6.42 Å². The number of rotatable bonds is 2. The first-order valence-electron chi connectivity index (χ1n) is 5.51. The lowest BCUT2D eigenvalue weighted by atomic mass is 10.2. The van der Waals surface area contributed by atoms with E-state index >= 15 is 0 Å². The Morgan fingerprint density at radius 1 is 1.36 bits per heavy atom. The summed E-state index contributed by atoms with van der Waals surface area (Å²) >= 11 is 0. The van der Waals surface area contributed by atoms with Gasteiger partial charge >= 0.3 is 6.09 Å². The first-order chi connectivity index (χ1) is 6.86. The van der Waals surface area contributed by atoms with E-state index in [0.717, 1.165) is 38.9 Å². The van der Waals surface area contributed by atoms with E-state index in [4.69, 9.17) is 4.74 Å². The molecule has 2 fully saturated rings. The minimum absolute atomic E-state index is 0.129. The van der Waals surface area contributed by atoms with Crippen LogP contribution in [0.1, 0.15) is 25.7 Å². The number of amides is 1. The minimum atomic E-state index is -0.129. The van der Waals surface area contributed by atoms with Crippen LogP contribution in [0.25, 0.3) is 0 Å². The van der Waals surface area contributed by atoms with Crippen molar-refractivity contribution >= 4 is 6.09 Å². The van der Waals surface area contributed by atoms with E-state index < -0.39 is 0 Å². The van der Waals surface area contributed by atoms with Gasteiger partial charge in [-0.05, 0) is 32.2 Å². The summed E-state index contributed by atoms with van der Waals surface area (Å²) in [4.78, 5) is 13.3. The van der Waals surface area contributed by atoms with E-state index in [2.05, 4.69) is 5.32 Å². The molecule has 2 saturated heterocycles. The number of hydrogen-bond donors (Lipinski definition) is 1. The molecule has 2 rings (SSSR count). The van der Waals surface area contributed by atoms with Crippen molar-refractivity contribution in [3.8, 4) is 0 Å². The lowest BCUT2D eigenvalue weighted by Crippen LogP contribution is -2.33. The van der Waals surface area contributed by atoms with Crippen LogP contribution in [0.4, 0.5) is 4.79 Å². The summed E-state index contributed by atoms with van der Waals surface area (Å²) in [6.07, 6.45) is 4.45. The Hall–Kier alpha value is -0.770. The Morgan fingerprint density at radius 3 is 2.79 bits per heavy atom. The van der Waals surface area contributed by atoms with Crippen molar-refractivity contribution in [1.29, 1.82) is 0 Å². The van der Waals surface area contributed by atoms with Crippen molar-refractivity contribution in [2.24, 2.45) is 0 Å². The predicted molar refractivity (Wildman–Crippen MR) is 53.2 cm³/mol. The molecule has 2 aliphatic heterocycles. The summed E-state index contributed by atoms with van der Waals surface area (Å²) in [5, 5.41) is 3.31. The maximum absolute atomic E-state index is 11.5. The van der Waals surface area contributed by atoms with Gasteiger partial charge in [-0.3, -0.25) is 0 Å². The summed E-state index contributed by atoms with van der Waals surface area (Å²) < 4.78 is 5.23. The van der Waals surface area contributed by atoms with Crippen molar-refractivity contribution < 1.29 is 9.53 Å². The van der Waals surface area contributed by atoms with Gasteiger partial charge in [0.1, 0.15) is 6.61 Å². The van der Waals surface area contributed by atoms with Gasteiger partial charge in [0.2, 0.25) is 0 Å². The zero-order valence-electron chi connectivity index (χ0n) is 8.50. The van der Waals surface area contributed by atoms with Crippen LogP contribution < -0.4 is 5.32 Å². The van der Waals surface area contributed by atoms with Crippen molar-refractivity contribution in [3.63, 3.8) is 0 Å². The summed E-state index contributed by atoms with van der Waals surface area (Å²) in [6, 6.07) is 0.390. The van der Waals surface area contributed by atoms with Crippen molar-refractivity contribution in [2.45, 2.75) is 31.7 Å². The third kappa shape index (κ3) is 2.38. The molecule has 0 bridgehead atoms. The molecular weight excluding hydrogens is 180 g/mol. The van der Waals surface area contributed by atoms with Gasteiger partial charge in [-0.25, -0.2) is 4.79 Å². The first-order valence-corrected chi connectivity index (χ1v) is 5.51. The highest BCUT2D eigenvalue weighted by Crippen LogP contribution is 2.10. The predicted octanol–water partition coefficient (Wildman–Crippen LogP) is 0.971. The highest BCUT2D eigenvalue weighted by molar-refractivity contribution is 5.67. The Kier molecular flexibility index (Phi) is 3.24. The summed E-state index contributed by atoms with van der Waals surface area (Å²) in [5.74, 6) is 0. The van der Waals surface area contributed by atoms with Gasteiger partial charge in [0, 0.05) is 19.1 Å². The molecule has 0 aromatic carbocycles. The first kappa shape index (κ1) is 9.77. The molecule has 4 nitrogen and oxygen atoms in total. The number of hydrogen-bond acceptors (Lipinski definition) is 3. The molecule has 14 heavy (non-hydrogen) atoms. The molecule has 2 aliphatic rings. The van der Waals surface area contributed by atoms with Gasteiger partial charge in [0.15, 0.2) is 0 Å². The smallest absolute Gasteiger partial charge is 0.409 e. The SMILES string of the molecule is O=C(OCC1CCCN1)N1CCCC1. The van der Waals surface area contributed by atoms with Crippen LogP contribution in [0.15, 0.2) is 0 Å². The number of carbonyl (C=O) groups excluding carboxylic acids is 1. The van der Waals surface area contributed by atoms with E-state index in [1.807, 2.05) is 0 Å². The number of carbonyl (C=O) groups is 1. The van der Waals surface area contributed by atoms with Gasteiger partial charge < -0.3 is 15.0 Å². The molecule has 2 heterocycles. The van der Waals surface area contributed by atoms with Crippen LogP contribution in [-0.4, -0.2) is 43.3 Å². The second-order valence-electron chi connectivity index (χ2n) is 4.06. The second kappa shape index (κ2) is 4.64. The lowest BCUT2D eigenvalue weighted by molar-refractivity contribution is 0.103. The van der Waals surface area contributed by atoms with Gasteiger partial charge in [0.05, 0.1) is 0 Å². The molecule has 0 radical (unpaired) electrons. The third-order valence-electron chi connectivity index (χ3n) is 2.93. The number of likely N-dealkylation sites (tertiary alicyclic amines) is 1. The average Bonchev–Trinajstić information content (AvgIpc) is 2.87. The molecule has 4 heteroatoms. The standard InChI is InChI=1S/C10H18N2O2/c13-10(12-6-1-2-7-12)14-8-9-4-3-5-11-9/h9,11H,1-8H2. The Labute approximate surface area is 84.6 Å². The summed E-state index contributed by atoms with van der Waals surface area (Å²) in [6.45, 7) is 3.34. The van der Waals surface area contributed by atoms with E-state index in [1.54, 1.807) is 4.90 Å². The monoisotopic (exact) mass is 198 g/mol. The topological polar surface area (TPSA) is 41.6 Å². The van der Waals surface area contributed by atoms with Crippen molar-refractivity contribution in [1.82, 2.24) is 10.2 Å². The van der Waals surface area contributed by atoms with Crippen molar-refractivity contribution in [3.05, 3.63) is 0 Å². The van der Waals surface area contributed by atoms with Crippen LogP contribution in [0.3, 0.4) is 0 Å². The number of nitrogens with one attached hydrogen (secondary N) is 1. The van der Waals surface area contributed by atoms with E-state index in [0.29, 0.717) is 12.6 Å². The second-order valence-corrected chi connectivity index (χ2v) is 4.06. The fourth-order valence-corrected chi connectivity index (χ4v) is 2.06. The van der Waals surface area contributed by atoms with Crippen LogP contribution in [0.5, 0.6) is 0 Å². The van der Waals surface area contributed by atoms with Gasteiger partial charge in [0.25, 0.3) is 0 Å². The zero-order chi connectivity index (χ0) is 9.80. The zero-order valence-corrected chi connectivity index (χ0v) is 8.50. The number of nitrogens with zero attached hydrogens (tertiary/aromatic N) is 1. The Bertz CT molecular complexity index is 196. The molecule has 80 valence electrons. The van der Waals surface area contributed by atoms with Gasteiger partial charge in [-0.2, -0.15) is 0 Å². The van der Waals surface area contributed by atoms with Crippen LogP contribution in [0, 0.1) is 0 Å². The maximum Gasteiger partial charge on any atom is 0.409 e. The van der Waals surface area contributed by atoms with Gasteiger partial charge in [-0.15, -0.1) is 0 Å². The minimum Gasteiger partial charge on any atom is -0.448 e. The fourth-order valence-electron chi connectivity index (χ4n) is 2.06. The molecule has 0 aromatic rings. The van der Waals surface area contributed by atoms with Gasteiger partial charge in [-0.1, -0.05) is 0 Å². The normalized spacial score (nSPS) is 26.9. The molecule has 0 spiro atoms. The Balaban J connectivity index is 1.66. The van der Waals surface area contributed by atoms with Crippen molar-refractivity contribution in [2.75, 3.05) is 26.2 Å². The molecular formula is C10H18N2O2. The van der Waals surface area contributed by atoms with Crippen LogP contribution in [0.2, 0.25) is 0 Å². The summed E-state index contributed by atoms with van der Waals surface area (Å²) in [5.41, 5.74) is 0. The number of ether oxygens (including phenoxy) is 1. The van der Waals surface area contributed by atoms with E-state index in [-0.39, 0.29) is 6.09 Å². The lowest BCUT2D eigenvalue weighted by Gasteiger charge is -2.17. The highest BCUT2D eigenvalue weighted by atomic mass is 16.6. The molecule has 1 N–H and O–H groups in total. The highest BCUT2D eigenvalue weighted by Gasteiger charge is 2.21. The molecule has 1 amide bonds. The average molecular weight is 198 g/mol. The molecule has 1 unspecified atom stereocenters. The summed E-state index contributed by atoms with van der Waals surface area (Å²) in [7, 11) is 0. The maximum atomic E-state index is 11.5. The molecule has 0 aliphatic carbocycles. The van der Waals surface area contributed by atoms with Crippen LogP contribution in [-0.2, 0) is 4.74 Å². The quantitative estimate of drug-likeness (QED) is 0.719. The Morgan fingerprint density at radius 2 is 2.14 bits per heavy atom. The fraction of sp³-hybridized carbons (Fsp3) is 0.900. The van der Waals surface area contributed by atoms with Crippen LogP contribution >= 0.6 is 0 Å². The molecule has 1 atom stereocenters. The third-order valence-corrected chi connectivity index (χ3v) is 2.93. The largest absolute Gasteiger partial charge is 0.448 e. The molecule has 0 saturated carbocycles.